The van der Waals surface area contributed by atoms with Crippen LogP contribution in [0.3, 0.4) is 0 Å². The number of hydrogen-bond acceptors (Lipinski definition) is 9. The minimum absolute atomic E-state index is 0.459. The number of hydrogen-bond donors (Lipinski definition) is 0. The molecule has 1 nitrogen and oxygen atoms in total. The minimum atomic E-state index is 0.459. The highest BCUT2D eigenvalue weighted by Crippen LogP contribution is 2.64. The molecule has 0 aromatic heterocycles. The van der Waals surface area contributed by atoms with Crippen molar-refractivity contribution in [2.24, 2.45) is 0 Å². The summed E-state index contributed by atoms with van der Waals surface area (Å²) in [4.78, 5) is 0. The van der Waals surface area contributed by atoms with Gasteiger partial charge in [0.05, 0.1) is 16.9 Å². The molecule has 26 heavy (non-hydrogen) atoms. The first-order chi connectivity index (χ1) is 12.2. The van der Waals surface area contributed by atoms with Crippen LogP contribution in [0.25, 0.3) is 0 Å². The van der Waals surface area contributed by atoms with E-state index in [4.69, 9.17) is 0 Å². The highest BCUT2D eigenvalue weighted by Gasteiger charge is 2.38. The Labute approximate surface area is 194 Å². The van der Waals surface area contributed by atoms with Gasteiger partial charge in [-0.15, -0.1) is 47.0 Å². The summed E-state index contributed by atoms with van der Waals surface area (Å²) < 4.78 is 9.02. The van der Waals surface area contributed by atoms with Crippen molar-refractivity contribution in [2.45, 2.75) is 81.1 Å². The Bertz CT molecular complexity index is 449. The summed E-state index contributed by atoms with van der Waals surface area (Å²) in [5.74, 6) is 0. The monoisotopic (exact) mass is 503 g/mol. The highest BCUT2D eigenvalue weighted by molar-refractivity contribution is 8.40. The molecule has 0 radical (unpaired) electrons. The summed E-state index contributed by atoms with van der Waals surface area (Å²) in [5, 5.41) is 2.52. The van der Waals surface area contributed by atoms with E-state index in [2.05, 4.69) is 82.6 Å². The molecule has 0 aromatic carbocycles. The van der Waals surface area contributed by atoms with Gasteiger partial charge in [-0.25, -0.2) is 0 Å². The van der Waals surface area contributed by atoms with Gasteiger partial charge in [0.25, 0.3) is 0 Å². The Balaban J connectivity index is 2.06. The quantitative estimate of drug-likeness (QED) is 0.281. The molecule has 0 saturated heterocycles. The van der Waals surface area contributed by atoms with Crippen molar-refractivity contribution < 1.29 is 0 Å². The minimum Gasteiger partial charge on any atom is -0.160 e. The van der Waals surface area contributed by atoms with Gasteiger partial charge in [0.15, 0.2) is 0 Å². The van der Waals surface area contributed by atoms with Crippen LogP contribution >= 0.6 is 94.5 Å². The van der Waals surface area contributed by atoms with Crippen LogP contribution in [0.15, 0.2) is 16.9 Å². The fourth-order valence-corrected chi connectivity index (χ4v) is 14.7. The van der Waals surface area contributed by atoms with E-state index in [1.165, 1.54) is 16.9 Å². The summed E-state index contributed by atoms with van der Waals surface area (Å²) >= 11 is 16.1. The second-order valence-electron chi connectivity index (χ2n) is 6.83. The first-order valence-electron chi connectivity index (χ1n) is 8.79. The van der Waals surface area contributed by atoms with Crippen molar-refractivity contribution >= 4 is 94.5 Å². The molecule has 0 aromatic rings. The Kier molecular flexibility index (Phi) is 10.9. The molecule has 0 bridgehead atoms. The van der Waals surface area contributed by atoms with Crippen LogP contribution in [0.1, 0.15) is 55.4 Å². The molecule has 0 aliphatic carbocycles. The maximum absolute atomic E-state index is 2.53. The van der Waals surface area contributed by atoms with Gasteiger partial charge in [-0.2, -0.15) is 3.71 Å². The first-order valence-corrected chi connectivity index (χ1v) is 15.6. The van der Waals surface area contributed by atoms with Gasteiger partial charge < -0.3 is 0 Å². The topological polar surface area (TPSA) is 3.24 Å². The van der Waals surface area contributed by atoms with E-state index < -0.39 is 0 Å². The summed E-state index contributed by atoms with van der Waals surface area (Å²) in [5.41, 5.74) is 0. The van der Waals surface area contributed by atoms with Crippen molar-refractivity contribution in [1.82, 2.24) is 3.71 Å². The van der Waals surface area contributed by atoms with E-state index in [1.807, 2.05) is 70.9 Å². The van der Waals surface area contributed by atoms with Crippen molar-refractivity contribution in [1.29, 1.82) is 0 Å². The number of rotatable bonds is 9. The van der Waals surface area contributed by atoms with Crippen LogP contribution in [0.5, 0.6) is 0 Å². The first kappa shape index (κ1) is 24.5. The summed E-state index contributed by atoms with van der Waals surface area (Å²) in [6, 6.07) is 0. The molecule has 0 N–H and O–H groups in total. The van der Waals surface area contributed by atoms with Crippen molar-refractivity contribution in [3.05, 3.63) is 16.9 Å². The van der Waals surface area contributed by atoms with Crippen LogP contribution in [0.4, 0.5) is 0 Å². The predicted molar refractivity (Wildman–Crippen MR) is 141 cm³/mol. The molecule has 0 fully saturated rings. The van der Waals surface area contributed by atoms with Gasteiger partial charge >= 0.3 is 0 Å². The maximum atomic E-state index is 2.53. The molecule has 2 aliphatic rings. The molecular formula is C17H29NS8. The second kappa shape index (κ2) is 11.6. The second-order valence-corrected chi connectivity index (χ2v) is 18.9. The zero-order chi connectivity index (χ0) is 19.4. The molecule has 150 valence electrons. The average molecular weight is 504 g/mol. The third kappa shape index (κ3) is 7.82. The van der Waals surface area contributed by atoms with Gasteiger partial charge in [0, 0.05) is 21.0 Å². The number of nitrogens with zero attached hydrogens (tertiary/aromatic N) is 1. The molecule has 9 heteroatoms. The molecule has 0 amide bonds. The molecule has 2 aliphatic heterocycles. The summed E-state index contributed by atoms with van der Waals surface area (Å²) in [6.07, 6.45) is 0. The SMILES string of the molecule is CC(C)SC1=C(SC(C)C)SC(N2SC(SC(C)C)=C(SC(C)C)S2)S1. The largest absolute Gasteiger partial charge is 0.160 e. The number of thioether (sulfide) groups is 6. The van der Waals surface area contributed by atoms with E-state index in [9.17, 15) is 0 Å². The van der Waals surface area contributed by atoms with Crippen LogP contribution < -0.4 is 0 Å². The van der Waals surface area contributed by atoms with Gasteiger partial charge in [-0.3, -0.25) is 0 Å². The lowest BCUT2D eigenvalue weighted by Gasteiger charge is -2.20. The van der Waals surface area contributed by atoms with Crippen LogP contribution in [-0.2, 0) is 0 Å². The van der Waals surface area contributed by atoms with E-state index in [0.717, 1.165) is 0 Å². The normalized spacial score (nSPS) is 20.3. The Morgan fingerprint density at radius 2 is 0.885 bits per heavy atom. The van der Waals surface area contributed by atoms with Crippen molar-refractivity contribution in [3.63, 3.8) is 0 Å². The summed E-state index contributed by atoms with van der Waals surface area (Å²) in [6.45, 7) is 18.3. The third-order valence-electron chi connectivity index (χ3n) is 2.64. The van der Waals surface area contributed by atoms with Gasteiger partial charge in [-0.05, 0) is 23.9 Å². The molecule has 0 spiro atoms. The van der Waals surface area contributed by atoms with Gasteiger partial charge in [0.1, 0.15) is 4.71 Å². The smallest absolute Gasteiger partial charge is 0.133 e. The Morgan fingerprint density at radius 3 is 1.19 bits per heavy atom. The Morgan fingerprint density at radius 1 is 0.577 bits per heavy atom. The highest BCUT2D eigenvalue weighted by atomic mass is 32.3. The standard InChI is InChI=1S/C17H29NS8/c1-9(2)19-13-14(20-10(3)4)24-17(23-13)18-25-15(21-11(5)6)16(26-18)22-12(7)8/h9-12,17H,1-8H3. The third-order valence-corrected chi connectivity index (χ3v) is 14.2. The van der Waals surface area contributed by atoms with E-state index in [-0.39, 0.29) is 0 Å². The van der Waals surface area contributed by atoms with Crippen LogP contribution in [-0.4, -0.2) is 29.4 Å². The molecule has 0 unspecified atom stereocenters. The predicted octanol–water partition coefficient (Wildman–Crippen LogP) is 9.18. The summed E-state index contributed by atoms with van der Waals surface area (Å²) in [7, 11) is 0. The molecule has 2 rings (SSSR count). The molecule has 0 saturated carbocycles. The molecular weight excluding hydrogens is 475 g/mol. The van der Waals surface area contributed by atoms with E-state index in [1.54, 1.807) is 0 Å². The average Bonchev–Trinajstić information content (AvgIpc) is 3.02. The van der Waals surface area contributed by atoms with Crippen LogP contribution in [0, 0.1) is 0 Å². The van der Waals surface area contributed by atoms with E-state index in [0.29, 0.717) is 25.7 Å². The van der Waals surface area contributed by atoms with Crippen molar-refractivity contribution in [2.75, 3.05) is 0 Å². The molecule has 0 atom stereocenters. The zero-order valence-electron chi connectivity index (χ0n) is 16.6. The maximum Gasteiger partial charge on any atom is 0.133 e. The fraction of sp³-hybridized carbons (Fsp3) is 0.765. The van der Waals surface area contributed by atoms with E-state index >= 15 is 0 Å². The van der Waals surface area contributed by atoms with Gasteiger partial charge in [-0.1, -0.05) is 78.9 Å². The lowest BCUT2D eigenvalue weighted by molar-refractivity contribution is 0.878. The van der Waals surface area contributed by atoms with Crippen LogP contribution in [0.2, 0.25) is 0 Å². The lowest BCUT2D eigenvalue weighted by Crippen LogP contribution is -2.11. The Hall–Kier alpha value is 2.24. The zero-order valence-corrected chi connectivity index (χ0v) is 23.1. The van der Waals surface area contributed by atoms with Gasteiger partial charge in [0.2, 0.25) is 0 Å². The lowest BCUT2D eigenvalue weighted by atomic mass is 10.6. The molecule has 2 heterocycles. The fourth-order valence-electron chi connectivity index (χ4n) is 1.88. The van der Waals surface area contributed by atoms with Crippen molar-refractivity contribution in [3.8, 4) is 0 Å².